The second-order valence-corrected chi connectivity index (χ2v) is 7.40. The van der Waals surface area contributed by atoms with Crippen molar-refractivity contribution in [1.82, 2.24) is 10.6 Å². The Hall–Kier alpha value is -1.88. The Bertz CT molecular complexity index is 585. The Morgan fingerprint density at radius 1 is 1.20 bits per heavy atom. The monoisotopic (exact) mass is 346 g/mol. The van der Waals surface area contributed by atoms with Crippen molar-refractivity contribution in [2.75, 3.05) is 14.1 Å². The van der Waals surface area contributed by atoms with E-state index in [1.807, 2.05) is 38.2 Å². The predicted molar refractivity (Wildman–Crippen MR) is 99.4 cm³/mol. The summed E-state index contributed by atoms with van der Waals surface area (Å²) in [6, 6.07) is 7.80. The lowest BCUT2D eigenvalue weighted by atomic mass is 9.86. The maximum atomic E-state index is 12.6. The van der Waals surface area contributed by atoms with E-state index < -0.39 is 0 Å². The summed E-state index contributed by atoms with van der Waals surface area (Å²) in [6.07, 6.45) is 4.80. The van der Waals surface area contributed by atoms with E-state index in [0.717, 1.165) is 23.4 Å². The third-order valence-electron chi connectivity index (χ3n) is 5.50. The van der Waals surface area contributed by atoms with Crippen LogP contribution >= 0.6 is 0 Å². The minimum absolute atomic E-state index is 0.0819. The molecule has 1 aliphatic rings. The van der Waals surface area contributed by atoms with Gasteiger partial charge in [-0.1, -0.05) is 31.9 Å². The molecule has 0 spiro atoms. The van der Waals surface area contributed by atoms with Gasteiger partial charge < -0.3 is 15.5 Å². The maximum Gasteiger partial charge on any atom is 0.278 e. The van der Waals surface area contributed by atoms with Crippen molar-refractivity contribution in [2.24, 2.45) is 5.92 Å². The first kappa shape index (κ1) is 19.4. The minimum Gasteiger partial charge on any atom is -0.355 e. The molecule has 1 aromatic rings. The van der Waals surface area contributed by atoms with Crippen molar-refractivity contribution in [1.29, 1.82) is 0 Å². The molecule has 0 heterocycles. The van der Waals surface area contributed by atoms with Gasteiger partial charge in [0.2, 0.25) is 0 Å². The molecule has 0 aromatic heterocycles. The highest BCUT2D eigenvalue weighted by Crippen LogP contribution is 2.23. The van der Waals surface area contributed by atoms with Crippen LogP contribution in [0.2, 0.25) is 0 Å². The maximum absolute atomic E-state index is 12.6. The molecule has 2 amide bonds. The van der Waals surface area contributed by atoms with Gasteiger partial charge in [-0.2, -0.15) is 0 Å². The number of rotatable bonds is 6. The van der Waals surface area contributed by atoms with Crippen LogP contribution in [0.15, 0.2) is 24.3 Å². The average molecular weight is 346 g/mol. The number of hydrogen-bond acceptors (Lipinski definition) is 2. The molecular weight excluding hydrogens is 314 g/mol. The standard InChI is InChI=1S/C20H31N3O2/c1-14-7-5-6-8-18(14)22-19(24)15(2)23(4)13-16-9-11-17(12-10-16)20(25)21-3/h9-12,14-15,18H,5-8,13H2,1-4H3,(H,21,25)(H,22,24)/p+1/t14-,15+,18-/m0/s1. The van der Waals surface area contributed by atoms with Crippen molar-refractivity contribution >= 4 is 11.8 Å². The van der Waals surface area contributed by atoms with Gasteiger partial charge in [-0.3, -0.25) is 9.59 Å². The van der Waals surface area contributed by atoms with Crippen molar-refractivity contribution in [3.63, 3.8) is 0 Å². The molecule has 0 aliphatic heterocycles. The largest absolute Gasteiger partial charge is 0.355 e. The summed E-state index contributed by atoms with van der Waals surface area (Å²) in [5.74, 6) is 0.627. The Labute approximate surface area is 151 Å². The van der Waals surface area contributed by atoms with Gasteiger partial charge in [0.1, 0.15) is 6.54 Å². The van der Waals surface area contributed by atoms with Crippen molar-refractivity contribution in [2.45, 2.75) is 58.2 Å². The summed E-state index contributed by atoms with van der Waals surface area (Å²) in [5.41, 5.74) is 1.77. The first-order chi connectivity index (χ1) is 11.9. The van der Waals surface area contributed by atoms with Gasteiger partial charge in [0.05, 0.1) is 7.05 Å². The molecular formula is C20H32N3O2+. The zero-order valence-electron chi connectivity index (χ0n) is 15.9. The van der Waals surface area contributed by atoms with E-state index >= 15 is 0 Å². The molecule has 2 rings (SSSR count). The summed E-state index contributed by atoms with van der Waals surface area (Å²) < 4.78 is 0. The number of carbonyl (C=O) groups excluding carboxylic acids is 2. The third kappa shape index (κ3) is 5.30. The van der Waals surface area contributed by atoms with Crippen LogP contribution < -0.4 is 15.5 Å². The SMILES string of the molecule is CNC(=O)c1ccc(C[NH+](C)[C@H](C)C(=O)N[C@H]2CCCC[C@@H]2C)cc1. The first-order valence-corrected chi connectivity index (χ1v) is 9.36. The molecule has 5 heteroatoms. The predicted octanol–water partition coefficient (Wildman–Crippen LogP) is 1.14. The van der Waals surface area contributed by atoms with Crippen molar-refractivity contribution in [3.05, 3.63) is 35.4 Å². The van der Waals surface area contributed by atoms with Gasteiger partial charge in [-0.15, -0.1) is 0 Å². The zero-order chi connectivity index (χ0) is 18.4. The molecule has 4 atom stereocenters. The Kier molecular flexibility index (Phi) is 7.00. The van der Waals surface area contributed by atoms with E-state index in [4.69, 9.17) is 0 Å². The zero-order valence-corrected chi connectivity index (χ0v) is 15.9. The molecule has 3 N–H and O–H groups in total. The van der Waals surface area contributed by atoms with E-state index in [1.54, 1.807) is 7.05 Å². The van der Waals surface area contributed by atoms with Crippen LogP contribution in [-0.2, 0) is 11.3 Å². The molecule has 0 radical (unpaired) electrons. The van der Waals surface area contributed by atoms with Crippen LogP contribution in [0.1, 0.15) is 55.5 Å². The highest BCUT2D eigenvalue weighted by Gasteiger charge is 2.28. The summed E-state index contributed by atoms with van der Waals surface area (Å²) in [4.78, 5) is 25.3. The Morgan fingerprint density at radius 2 is 1.84 bits per heavy atom. The summed E-state index contributed by atoms with van der Waals surface area (Å²) >= 11 is 0. The molecule has 0 bridgehead atoms. The normalized spacial score (nSPS) is 22.7. The number of nitrogens with one attached hydrogen (secondary N) is 3. The fraction of sp³-hybridized carbons (Fsp3) is 0.600. The van der Waals surface area contributed by atoms with Gasteiger partial charge >= 0.3 is 0 Å². The fourth-order valence-electron chi connectivity index (χ4n) is 3.46. The molecule has 0 saturated heterocycles. The topological polar surface area (TPSA) is 62.6 Å². The molecule has 5 nitrogen and oxygen atoms in total. The number of amides is 2. The van der Waals surface area contributed by atoms with Crippen LogP contribution in [0, 0.1) is 5.92 Å². The summed E-state index contributed by atoms with van der Waals surface area (Å²) in [6.45, 7) is 4.97. The highest BCUT2D eigenvalue weighted by molar-refractivity contribution is 5.93. The number of benzene rings is 1. The number of likely N-dealkylation sites (N-methyl/N-ethyl adjacent to an activating group) is 1. The molecule has 1 saturated carbocycles. The van der Waals surface area contributed by atoms with Crippen LogP contribution in [0.25, 0.3) is 0 Å². The second-order valence-electron chi connectivity index (χ2n) is 7.40. The third-order valence-corrected chi connectivity index (χ3v) is 5.50. The Morgan fingerprint density at radius 3 is 2.44 bits per heavy atom. The lowest BCUT2D eigenvalue weighted by Crippen LogP contribution is -3.12. The second kappa shape index (κ2) is 8.99. The molecule has 1 aromatic carbocycles. The van der Waals surface area contributed by atoms with Crippen LogP contribution in [-0.4, -0.2) is 38.0 Å². The average Bonchev–Trinajstić information content (AvgIpc) is 2.62. The van der Waals surface area contributed by atoms with Crippen LogP contribution in [0.4, 0.5) is 0 Å². The van der Waals surface area contributed by atoms with Gasteiger partial charge in [0.25, 0.3) is 11.8 Å². The number of quaternary nitrogens is 1. The van der Waals surface area contributed by atoms with Crippen LogP contribution in [0.3, 0.4) is 0 Å². The first-order valence-electron chi connectivity index (χ1n) is 9.36. The molecule has 138 valence electrons. The van der Waals surface area contributed by atoms with E-state index in [2.05, 4.69) is 17.6 Å². The highest BCUT2D eigenvalue weighted by atomic mass is 16.2. The minimum atomic E-state index is -0.104. The summed E-state index contributed by atoms with van der Waals surface area (Å²) in [5, 5.41) is 5.87. The quantitative estimate of drug-likeness (QED) is 0.723. The van der Waals surface area contributed by atoms with E-state index in [9.17, 15) is 9.59 Å². The van der Waals surface area contributed by atoms with Gasteiger partial charge in [0.15, 0.2) is 6.04 Å². The van der Waals surface area contributed by atoms with Crippen LogP contribution in [0.5, 0.6) is 0 Å². The molecule has 1 unspecified atom stereocenters. The van der Waals surface area contributed by atoms with E-state index in [-0.39, 0.29) is 17.9 Å². The smallest absolute Gasteiger partial charge is 0.278 e. The summed E-state index contributed by atoms with van der Waals surface area (Å²) in [7, 11) is 3.67. The van der Waals surface area contributed by atoms with Crippen molar-refractivity contribution in [3.8, 4) is 0 Å². The van der Waals surface area contributed by atoms with E-state index in [0.29, 0.717) is 17.5 Å². The van der Waals surface area contributed by atoms with Gasteiger partial charge in [-0.05, 0) is 37.8 Å². The van der Waals surface area contributed by atoms with Gasteiger partial charge in [-0.25, -0.2) is 0 Å². The molecule has 1 fully saturated rings. The Balaban J connectivity index is 1.89. The van der Waals surface area contributed by atoms with E-state index in [1.165, 1.54) is 19.3 Å². The molecule has 1 aliphatic carbocycles. The fourth-order valence-corrected chi connectivity index (χ4v) is 3.46. The van der Waals surface area contributed by atoms with Crippen molar-refractivity contribution < 1.29 is 14.5 Å². The number of hydrogen-bond donors (Lipinski definition) is 3. The molecule has 25 heavy (non-hydrogen) atoms. The lowest BCUT2D eigenvalue weighted by molar-refractivity contribution is -0.908. The number of carbonyl (C=O) groups is 2. The van der Waals surface area contributed by atoms with Gasteiger partial charge in [0, 0.05) is 24.2 Å². The lowest BCUT2D eigenvalue weighted by Gasteiger charge is -2.31.